The minimum absolute atomic E-state index is 0.581. The summed E-state index contributed by atoms with van der Waals surface area (Å²) < 4.78 is 11.0. The van der Waals surface area contributed by atoms with Crippen LogP contribution in [0, 0.1) is 6.92 Å². The van der Waals surface area contributed by atoms with E-state index in [-0.39, 0.29) is 0 Å². The number of aromatic nitrogens is 1. The van der Waals surface area contributed by atoms with Crippen LogP contribution in [-0.2, 0) is 0 Å². The van der Waals surface area contributed by atoms with Gasteiger partial charge in [0.1, 0.15) is 13.2 Å². The lowest BCUT2D eigenvalue weighted by atomic mass is 10.1. The zero-order valence-corrected chi connectivity index (χ0v) is 8.99. The van der Waals surface area contributed by atoms with Crippen molar-refractivity contribution in [3.05, 3.63) is 23.9 Å². The largest absolute Gasteiger partial charge is 0.486 e. The first-order chi connectivity index (χ1) is 7.74. The molecule has 1 aliphatic heterocycles. The van der Waals surface area contributed by atoms with Crippen molar-refractivity contribution in [2.75, 3.05) is 18.9 Å². The molecule has 0 saturated carbocycles. The Morgan fingerprint density at radius 1 is 1.12 bits per heavy atom. The van der Waals surface area contributed by atoms with E-state index in [2.05, 4.69) is 4.98 Å². The van der Waals surface area contributed by atoms with Gasteiger partial charge in [0.15, 0.2) is 11.5 Å². The van der Waals surface area contributed by atoms with Gasteiger partial charge >= 0.3 is 0 Å². The lowest BCUT2D eigenvalue weighted by Crippen LogP contribution is -2.15. The summed E-state index contributed by atoms with van der Waals surface area (Å²) in [5.41, 5.74) is 8.43. The van der Waals surface area contributed by atoms with Gasteiger partial charge in [0.25, 0.3) is 0 Å². The van der Waals surface area contributed by atoms with Crippen LogP contribution < -0.4 is 15.2 Å². The predicted octanol–water partition coefficient (Wildman–Crippen LogP) is 1.90. The molecule has 0 aliphatic carbocycles. The number of anilines is 1. The molecule has 0 bridgehead atoms. The number of nitrogens with zero attached hydrogens (tertiary/aromatic N) is 1. The van der Waals surface area contributed by atoms with Crippen molar-refractivity contribution in [2.24, 2.45) is 0 Å². The second kappa shape index (κ2) is 3.27. The second-order valence-electron chi connectivity index (χ2n) is 3.87. The quantitative estimate of drug-likeness (QED) is 0.730. The Kier molecular flexibility index (Phi) is 1.89. The van der Waals surface area contributed by atoms with Crippen LogP contribution in [0.2, 0.25) is 0 Å². The number of fused-ring (bicyclic) bond motifs is 2. The van der Waals surface area contributed by atoms with Crippen LogP contribution in [0.3, 0.4) is 0 Å². The van der Waals surface area contributed by atoms with E-state index < -0.39 is 0 Å². The van der Waals surface area contributed by atoms with Crippen LogP contribution >= 0.6 is 0 Å². The van der Waals surface area contributed by atoms with E-state index in [4.69, 9.17) is 15.2 Å². The highest BCUT2D eigenvalue weighted by atomic mass is 16.6. The molecule has 1 aliphatic rings. The summed E-state index contributed by atoms with van der Waals surface area (Å²) in [7, 11) is 0. The van der Waals surface area contributed by atoms with Gasteiger partial charge in [-0.25, -0.2) is 0 Å². The topological polar surface area (TPSA) is 57.4 Å². The summed E-state index contributed by atoms with van der Waals surface area (Å²) in [6.45, 7) is 3.09. The highest BCUT2D eigenvalue weighted by Gasteiger charge is 2.14. The second-order valence-corrected chi connectivity index (χ2v) is 3.87. The van der Waals surface area contributed by atoms with Crippen molar-refractivity contribution < 1.29 is 9.47 Å². The predicted molar refractivity (Wildman–Crippen MR) is 61.9 cm³/mol. The Balaban J connectivity index is 2.31. The number of hydrogen-bond acceptors (Lipinski definition) is 4. The molecule has 2 heterocycles. The van der Waals surface area contributed by atoms with Crippen LogP contribution in [0.5, 0.6) is 11.5 Å². The van der Waals surface area contributed by atoms with Crippen molar-refractivity contribution in [3.63, 3.8) is 0 Å². The van der Waals surface area contributed by atoms with E-state index in [1.54, 1.807) is 0 Å². The first-order valence-corrected chi connectivity index (χ1v) is 5.20. The molecule has 16 heavy (non-hydrogen) atoms. The van der Waals surface area contributed by atoms with Crippen molar-refractivity contribution in [1.29, 1.82) is 0 Å². The van der Waals surface area contributed by atoms with Gasteiger partial charge in [-0.05, 0) is 19.1 Å². The standard InChI is InChI=1S/C12H12N2O2/c1-7-4-9(13)8-5-11-12(6-10(8)14-7)16-3-2-15-11/h4-6H,2-3H2,1H3,(H2,13,14). The van der Waals surface area contributed by atoms with Gasteiger partial charge in [-0.2, -0.15) is 0 Å². The minimum Gasteiger partial charge on any atom is -0.486 e. The Hall–Kier alpha value is -1.97. The highest BCUT2D eigenvalue weighted by molar-refractivity contribution is 5.92. The first kappa shape index (κ1) is 9.27. The summed E-state index contributed by atoms with van der Waals surface area (Å²) in [5, 5.41) is 0.912. The zero-order valence-electron chi connectivity index (χ0n) is 8.99. The molecule has 1 aromatic heterocycles. The van der Waals surface area contributed by atoms with E-state index in [1.807, 2.05) is 25.1 Å². The molecule has 2 N–H and O–H groups in total. The molecular weight excluding hydrogens is 204 g/mol. The van der Waals surface area contributed by atoms with Crippen molar-refractivity contribution in [1.82, 2.24) is 4.98 Å². The molecule has 0 radical (unpaired) electrons. The summed E-state index contributed by atoms with van der Waals surface area (Å²) >= 11 is 0. The first-order valence-electron chi connectivity index (χ1n) is 5.20. The molecular formula is C12H12N2O2. The van der Waals surface area contributed by atoms with Gasteiger partial charge in [-0.3, -0.25) is 4.98 Å². The van der Waals surface area contributed by atoms with Crippen LogP contribution in [-0.4, -0.2) is 18.2 Å². The highest BCUT2D eigenvalue weighted by Crippen LogP contribution is 2.35. The van der Waals surface area contributed by atoms with Crippen LogP contribution in [0.25, 0.3) is 10.9 Å². The third-order valence-electron chi connectivity index (χ3n) is 2.63. The number of rotatable bonds is 0. The molecule has 4 heteroatoms. The molecule has 0 atom stereocenters. The molecule has 0 spiro atoms. The lowest BCUT2D eigenvalue weighted by Gasteiger charge is -2.19. The van der Waals surface area contributed by atoms with Gasteiger partial charge in [-0.1, -0.05) is 0 Å². The summed E-state index contributed by atoms with van der Waals surface area (Å²) in [6, 6.07) is 5.64. The van der Waals surface area contributed by atoms with Crippen molar-refractivity contribution in [2.45, 2.75) is 6.92 Å². The summed E-state index contributed by atoms with van der Waals surface area (Å²) in [6.07, 6.45) is 0. The lowest BCUT2D eigenvalue weighted by molar-refractivity contribution is 0.172. The maximum atomic E-state index is 5.95. The average molecular weight is 216 g/mol. The summed E-state index contributed by atoms with van der Waals surface area (Å²) in [4.78, 5) is 4.43. The molecule has 2 aromatic rings. The van der Waals surface area contributed by atoms with Gasteiger partial charge in [0.05, 0.1) is 5.52 Å². The van der Waals surface area contributed by atoms with Gasteiger partial charge in [0, 0.05) is 22.8 Å². The maximum Gasteiger partial charge on any atom is 0.163 e. The maximum absolute atomic E-state index is 5.95. The molecule has 4 nitrogen and oxygen atoms in total. The molecule has 0 amide bonds. The Morgan fingerprint density at radius 2 is 1.81 bits per heavy atom. The number of nitrogen functional groups attached to an aromatic ring is 1. The van der Waals surface area contributed by atoms with Gasteiger partial charge in [-0.15, -0.1) is 0 Å². The molecule has 3 rings (SSSR count). The van der Waals surface area contributed by atoms with Gasteiger partial charge < -0.3 is 15.2 Å². The van der Waals surface area contributed by atoms with Crippen molar-refractivity contribution >= 4 is 16.6 Å². The minimum atomic E-state index is 0.581. The Morgan fingerprint density at radius 3 is 2.56 bits per heavy atom. The molecule has 0 saturated heterocycles. The fourth-order valence-electron chi connectivity index (χ4n) is 1.93. The average Bonchev–Trinajstić information content (AvgIpc) is 2.27. The van der Waals surface area contributed by atoms with E-state index in [0.29, 0.717) is 13.2 Å². The summed E-state index contributed by atoms with van der Waals surface area (Å²) in [5.74, 6) is 1.49. The Labute approximate surface area is 93.0 Å². The molecule has 0 fully saturated rings. The van der Waals surface area contributed by atoms with Crippen LogP contribution in [0.4, 0.5) is 5.69 Å². The van der Waals surface area contributed by atoms with Crippen LogP contribution in [0.1, 0.15) is 5.69 Å². The number of ether oxygens (including phenoxy) is 2. The fraction of sp³-hybridized carbons (Fsp3) is 0.250. The number of hydrogen-bond donors (Lipinski definition) is 1. The molecule has 1 aromatic carbocycles. The smallest absolute Gasteiger partial charge is 0.163 e. The molecule has 0 unspecified atom stereocenters. The molecule has 82 valence electrons. The normalized spacial score (nSPS) is 14.1. The zero-order chi connectivity index (χ0) is 11.1. The SMILES string of the molecule is Cc1cc(N)c2cc3c(cc2n1)OCCO3. The van der Waals surface area contributed by atoms with Crippen LogP contribution in [0.15, 0.2) is 18.2 Å². The fourth-order valence-corrected chi connectivity index (χ4v) is 1.93. The van der Waals surface area contributed by atoms with E-state index in [9.17, 15) is 0 Å². The van der Waals surface area contributed by atoms with Crippen molar-refractivity contribution in [3.8, 4) is 11.5 Å². The number of nitrogens with two attached hydrogens (primary N) is 1. The Bertz CT molecular complexity index is 566. The van der Waals surface area contributed by atoms with E-state index in [0.717, 1.165) is 33.8 Å². The van der Waals surface area contributed by atoms with Gasteiger partial charge in [0.2, 0.25) is 0 Å². The number of benzene rings is 1. The van der Waals surface area contributed by atoms with E-state index >= 15 is 0 Å². The third-order valence-corrected chi connectivity index (χ3v) is 2.63. The van der Waals surface area contributed by atoms with E-state index in [1.165, 1.54) is 0 Å². The number of aryl methyl sites for hydroxylation is 1. The third kappa shape index (κ3) is 1.34. The number of pyridine rings is 1. The monoisotopic (exact) mass is 216 g/mol.